The SMILES string of the molecule is CCNC(=NCCCc1nc(C)no1)NC1CCN(C(=O)C2CCCCC2)C1. The van der Waals surface area contributed by atoms with Crippen LogP contribution in [0.1, 0.15) is 63.6 Å². The zero-order valence-electron chi connectivity index (χ0n) is 17.2. The third-order valence-corrected chi connectivity index (χ3v) is 5.53. The molecular weight excluding hydrogens is 356 g/mol. The second-order valence-electron chi connectivity index (χ2n) is 7.85. The average molecular weight is 391 g/mol. The second kappa shape index (κ2) is 10.4. The van der Waals surface area contributed by atoms with Crippen LogP contribution in [0.4, 0.5) is 0 Å². The lowest BCUT2D eigenvalue weighted by molar-refractivity contribution is -0.135. The van der Waals surface area contributed by atoms with Crippen LogP contribution in [0.25, 0.3) is 0 Å². The van der Waals surface area contributed by atoms with E-state index in [4.69, 9.17) is 4.52 Å². The van der Waals surface area contributed by atoms with Gasteiger partial charge < -0.3 is 20.1 Å². The minimum atomic E-state index is 0.253. The fourth-order valence-corrected chi connectivity index (χ4v) is 4.06. The van der Waals surface area contributed by atoms with Gasteiger partial charge in [-0.2, -0.15) is 4.98 Å². The Balaban J connectivity index is 1.43. The smallest absolute Gasteiger partial charge is 0.226 e. The molecule has 1 unspecified atom stereocenters. The van der Waals surface area contributed by atoms with Crippen molar-refractivity contribution in [1.82, 2.24) is 25.7 Å². The number of aliphatic imine (C=N–C) groups is 1. The number of carbonyl (C=O) groups excluding carboxylic acids is 1. The molecular formula is C20H34N6O2. The molecule has 1 aromatic heterocycles. The molecule has 8 heteroatoms. The van der Waals surface area contributed by atoms with Crippen LogP contribution >= 0.6 is 0 Å². The summed E-state index contributed by atoms with van der Waals surface area (Å²) in [6, 6.07) is 0.268. The first kappa shape index (κ1) is 20.6. The number of aromatic nitrogens is 2. The number of nitrogens with zero attached hydrogens (tertiary/aromatic N) is 4. The Morgan fingerprint density at radius 1 is 1.29 bits per heavy atom. The Morgan fingerprint density at radius 3 is 2.82 bits per heavy atom. The standard InChI is InChI=1S/C20H34N6O2/c1-3-21-20(22-12-7-10-18-23-15(2)25-28-18)24-17-11-13-26(14-17)19(27)16-8-5-4-6-9-16/h16-17H,3-14H2,1-2H3,(H2,21,22,24). The lowest BCUT2D eigenvalue weighted by atomic mass is 9.88. The van der Waals surface area contributed by atoms with E-state index < -0.39 is 0 Å². The first-order valence-corrected chi connectivity index (χ1v) is 10.8. The molecule has 3 rings (SSSR count). The molecule has 0 spiro atoms. The third-order valence-electron chi connectivity index (χ3n) is 5.53. The van der Waals surface area contributed by atoms with Crippen LogP contribution < -0.4 is 10.6 Å². The van der Waals surface area contributed by atoms with Crippen molar-refractivity contribution in [3.8, 4) is 0 Å². The summed E-state index contributed by atoms with van der Waals surface area (Å²) in [6.45, 7) is 7.01. The van der Waals surface area contributed by atoms with Crippen LogP contribution in [0, 0.1) is 12.8 Å². The van der Waals surface area contributed by atoms with Gasteiger partial charge in [0.2, 0.25) is 11.8 Å². The average Bonchev–Trinajstić information content (AvgIpc) is 3.34. The molecule has 8 nitrogen and oxygen atoms in total. The largest absolute Gasteiger partial charge is 0.357 e. The van der Waals surface area contributed by atoms with E-state index in [2.05, 4.69) is 37.6 Å². The van der Waals surface area contributed by atoms with Crippen LogP contribution in [-0.4, -0.2) is 59.1 Å². The number of likely N-dealkylation sites (tertiary alicyclic amines) is 1. The first-order chi connectivity index (χ1) is 13.7. The zero-order chi connectivity index (χ0) is 19.8. The maximum Gasteiger partial charge on any atom is 0.226 e. The van der Waals surface area contributed by atoms with Crippen molar-refractivity contribution in [3.05, 3.63) is 11.7 Å². The number of hydrogen-bond donors (Lipinski definition) is 2. The molecule has 28 heavy (non-hydrogen) atoms. The Labute approximate surface area is 167 Å². The highest BCUT2D eigenvalue weighted by Crippen LogP contribution is 2.26. The van der Waals surface area contributed by atoms with Gasteiger partial charge in [0.05, 0.1) is 0 Å². The molecule has 2 heterocycles. The molecule has 1 aromatic rings. The monoisotopic (exact) mass is 390 g/mol. The summed E-state index contributed by atoms with van der Waals surface area (Å²) in [6.07, 6.45) is 8.38. The summed E-state index contributed by atoms with van der Waals surface area (Å²) in [5.74, 6) is 2.77. The molecule has 0 bridgehead atoms. The summed E-state index contributed by atoms with van der Waals surface area (Å²) in [7, 11) is 0. The van der Waals surface area contributed by atoms with Gasteiger partial charge in [0.25, 0.3) is 0 Å². The number of amides is 1. The molecule has 1 saturated heterocycles. The molecule has 1 amide bonds. The summed E-state index contributed by atoms with van der Waals surface area (Å²) >= 11 is 0. The summed E-state index contributed by atoms with van der Waals surface area (Å²) < 4.78 is 5.13. The van der Waals surface area contributed by atoms with Crippen LogP contribution in [-0.2, 0) is 11.2 Å². The highest BCUT2D eigenvalue weighted by molar-refractivity contribution is 5.81. The molecule has 1 aliphatic heterocycles. The van der Waals surface area contributed by atoms with E-state index in [0.29, 0.717) is 24.2 Å². The van der Waals surface area contributed by atoms with E-state index in [-0.39, 0.29) is 12.0 Å². The lowest BCUT2D eigenvalue weighted by Crippen LogP contribution is -2.45. The molecule has 1 saturated carbocycles. The van der Waals surface area contributed by atoms with E-state index in [1.807, 2.05) is 6.92 Å². The molecule has 1 aliphatic carbocycles. The zero-order valence-corrected chi connectivity index (χ0v) is 17.2. The van der Waals surface area contributed by atoms with E-state index in [9.17, 15) is 4.79 Å². The Morgan fingerprint density at radius 2 is 2.11 bits per heavy atom. The normalized spacial score (nSPS) is 21.1. The molecule has 2 N–H and O–H groups in total. The van der Waals surface area contributed by atoms with Crippen molar-refractivity contribution >= 4 is 11.9 Å². The maximum absolute atomic E-state index is 12.7. The highest BCUT2D eigenvalue weighted by Gasteiger charge is 2.31. The highest BCUT2D eigenvalue weighted by atomic mass is 16.5. The second-order valence-corrected chi connectivity index (χ2v) is 7.85. The van der Waals surface area contributed by atoms with Gasteiger partial charge in [0.1, 0.15) is 0 Å². The fourth-order valence-electron chi connectivity index (χ4n) is 4.06. The van der Waals surface area contributed by atoms with Crippen LogP contribution in [0.2, 0.25) is 0 Å². The number of rotatable bonds is 7. The minimum absolute atomic E-state index is 0.253. The van der Waals surface area contributed by atoms with Gasteiger partial charge in [-0.1, -0.05) is 24.4 Å². The van der Waals surface area contributed by atoms with Gasteiger partial charge in [-0.15, -0.1) is 0 Å². The van der Waals surface area contributed by atoms with E-state index >= 15 is 0 Å². The number of carbonyl (C=O) groups is 1. The third kappa shape index (κ3) is 5.94. The number of aryl methyl sites for hydroxylation is 2. The molecule has 2 fully saturated rings. The Kier molecular flexibility index (Phi) is 7.68. The number of guanidine groups is 1. The maximum atomic E-state index is 12.7. The molecule has 0 aromatic carbocycles. The van der Waals surface area contributed by atoms with E-state index in [1.165, 1.54) is 19.3 Å². The Bertz CT molecular complexity index is 653. The molecule has 156 valence electrons. The van der Waals surface area contributed by atoms with Gasteiger partial charge in [0, 0.05) is 44.6 Å². The predicted octanol–water partition coefficient (Wildman–Crippen LogP) is 2.05. The van der Waals surface area contributed by atoms with Crippen molar-refractivity contribution in [3.63, 3.8) is 0 Å². The van der Waals surface area contributed by atoms with Crippen molar-refractivity contribution in [2.45, 2.75) is 71.3 Å². The quantitative estimate of drug-likeness (QED) is 0.420. The molecule has 0 radical (unpaired) electrons. The van der Waals surface area contributed by atoms with Crippen molar-refractivity contribution in [2.75, 3.05) is 26.2 Å². The van der Waals surface area contributed by atoms with Crippen molar-refractivity contribution in [2.24, 2.45) is 10.9 Å². The van der Waals surface area contributed by atoms with Crippen LogP contribution in [0.5, 0.6) is 0 Å². The van der Waals surface area contributed by atoms with Crippen LogP contribution in [0.15, 0.2) is 9.52 Å². The predicted molar refractivity (Wildman–Crippen MR) is 108 cm³/mol. The van der Waals surface area contributed by atoms with E-state index in [1.54, 1.807) is 0 Å². The molecule has 2 aliphatic rings. The first-order valence-electron chi connectivity index (χ1n) is 10.8. The summed E-state index contributed by atoms with van der Waals surface area (Å²) in [5, 5.41) is 10.6. The minimum Gasteiger partial charge on any atom is -0.357 e. The van der Waals surface area contributed by atoms with E-state index in [0.717, 1.165) is 57.7 Å². The van der Waals surface area contributed by atoms with Crippen molar-refractivity contribution in [1.29, 1.82) is 0 Å². The van der Waals surface area contributed by atoms with Gasteiger partial charge in [0.15, 0.2) is 11.8 Å². The van der Waals surface area contributed by atoms with Gasteiger partial charge in [-0.25, -0.2) is 0 Å². The van der Waals surface area contributed by atoms with Crippen molar-refractivity contribution < 1.29 is 9.32 Å². The topological polar surface area (TPSA) is 95.7 Å². The van der Waals surface area contributed by atoms with Gasteiger partial charge in [-0.05, 0) is 39.5 Å². The van der Waals surface area contributed by atoms with Gasteiger partial charge >= 0.3 is 0 Å². The summed E-state index contributed by atoms with van der Waals surface area (Å²) in [4.78, 5) is 23.7. The summed E-state index contributed by atoms with van der Waals surface area (Å²) in [5.41, 5.74) is 0. The fraction of sp³-hybridized carbons (Fsp3) is 0.800. The number of nitrogens with one attached hydrogen (secondary N) is 2. The lowest BCUT2D eigenvalue weighted by Gasteiger charge is -2.26. The van der Waals surface area contributed by atoms with Crippen LogP contribution in [0.3, 0.4) is 0 Å². The Hall–Kier alpha value is -2.12. The number of hydrogen-bond acceptors (Lipinski definition) is 5. The van der Waals surface area contributed by atoms with Gasteiger partial charge in [-0.3, -0.25) is 9.79 Å². The molecule has 1 atom stereocenters.